The highest BCUT2D eigenvalue weighted by atomic mass is 16.5. The van der Waals surface area contributed by atoms with Gasteiger partial charge in [0.25, 0.3) is 0 Å². The predicted molar refractivity (Wildman–Crippen MR) is 205 cm³/mol. The minimum atomic E-state index is -0.967. The van der Waals surface area contributed by atoms with Gasteiger partial charge in [-0.1, -0.05) is 77.9 Å². The van der Waals surface area contributed by atoms with Gasteiger partial charge in [-0.05, 0) is 90.1 Å². The number of carbonyl (C=O) groups is 3. The zero-order chi connectivity index (χ0) is 39.4. The number of nitrogens with zero attached hydrogens (tertiary/aromatic N) is 3. The van der Waals surface area contributed by atoms with Gasteiger partial charge in [-0.25, -0.2) is 42.5 Å². The largest absolute Gasteiger partial charge is 0.460 e. The van der Waals surface area contributed by atoms with Crippen molar-refractivity contribution in [3.8, 4) is 0 Å². The summed E-state index contributed by atoms with van der Waals surface area (Å²) in [5, 5.41) is 0. The molecule has 0 spiro atoms. The summed E-state index contributed by atoms with van der Waals surface area (Å²) < 4.78 is 18.6. The highest BCUT2D eigenvalue weighted by molar-refractivity contribution is 5.90. The van der Waals surface area contributed by atoms with E-state index in [1.165, 1.54) is 0 Å². The molecule has 0 N–H and O–H groups in total. The van der Waals surface area contributed by atoms with Gasteiger partial charge in [0.1, 0.15) is 19.8 Å². The van der Waals surface area contributed by atoms with Crippen LogP contribution in [0.5, 0.6) is 0 Å². The van der Waals surface area contributed by atoms with Crippen molar-refractivity contribution < 1.29 is 28.6 Å². The molecule has 12 heteroatoms. The molecule has 0 aliphatic carbocycles. The van der Waals surface area contributed by atoms with Crippen LogP contribution in [-0.4, -0.2) is 51.4 Å². The van der Waals surface area contributed by atoms with Crippen molar-refractivity contribution in [1.29, 1.82) is 0 Å². The number of hydrogen-bond acceptors (Lipinski definition) is 9. The fraction of sp³-hybridized carbons (Fsp3) is 0.429. The van der Waals surface area contributed by atoms with Crippen molar-refractivity contribution in [2.24, 2.45) is 17.8 Å². The van der Waals surface area contributed by atoms with Crippen molar-refractivity contribution >= 4 is 17.9 Å². The van der Waals surface area contributed by atoms with Crippen molar-refractivity contribution in [3.05, 3.63) is 138 Å². The van der Waals surface area contributed by atoms with Gasteiger partial charge in [0, 0.05) is 0 Å². The Kier molecular flexibility index (Phi) is 14.9. The molecule has 288 valence electrons. The lowest BCUT2D eigenvalue weighted by Crippen LogP contribution is -2.55. The van der Waals surface area contributed by atoms with E-state index >= 15 is 0 Å². The van der Waals surface area contributed by atoms with Crippen LogP contribution < -0.4 is 17.1 Å². The second kappa shape index (κ2) is 19.5. The summed E-state index contributed by atoms with van der Waals surface area (Å²) in [5.74, 6) is -0.734. The van der Waals surface area contributed by atoms with E-state index in [0.717, 1.165) is 49.7 Å². The normalized spacial score (nSPS) is 11.3. The SMILES string of the molecule is CC(C)Cc1cccc(C(=O)OCCn2c(=O)n(CCOC(=O)c3cccc(CC(C)C)c3)c(=O)n(CCOC(=O)c3cccc(CC(C)C)c3)c2=O)c1. The Hall–Kier alpha value is -5.52. The second-order valence-corrected chi connectivity index (χ2v) is 14.6. The summed E-state index contributed by atoms with van der Waals surface area (Å²) in [7, 11) is 0. The Morgan fingerprint density at radius 3 is 0.963 bits per heavy atom. The van der Waals surface area contributed by atoms with E-state index in [2.05, 4.69) is 41.5 Å². The maximum Gasteiger partial charge on any atom is 0.338 e. The number of ether oxygens (including phenoxy) is 3. The average molecular weight is 742 g/mol. The minimum Gasteiger partial charge on any atom is -0.460 e. The maximum atomic E-state index is 13.6. The molecule has 0 saturated heterocycles. The van der Waals surface area contributed by atoms with Crippen LogP contribution in [-0.2, 0) is 53.1 Å². The van der Waals surface area contributed by atoms with Crippen LogP contribution in [0.15, 0.2) is 87.2 Å². The van der Waals surface area contributed by atoms with E-state index in [9.17, 15) is 28.8 Å². The third-order valence-electron chi connectivity index (χ3n) is 8.45. The number of rotatable bonds is 18. The number of benzene rings is 3. The van der Waals surface area contributed by atoms with Crippen LogP contribution in [0, 0.1) is 17.8 Å². The molecule has 0 saturated carbocycles. The first-order valence-electron chi connectivity index (χ1n) is 18.5. The van der Waals surface area contributed by atoms with Crippen LogP contribution in [0.4, 0.5) is 0 Å². The molecule has 12 nitrogen and oxygen atoms in total. The Labute approximate surface area is 315 Å². The molecule has 4 aromatic rings. The van der Waals surface area contributed by atoms with E-state index in [1.807, 2.05) is 18.2 Å². The fourth-order valence-corrected chi connectivity index (χ4v) is 6.09. The molecule has 4 rings (SSSR count). The first-order valence-corrected chi connectivity index (χ1v) is 18.5. The van der Waals surface area contributed by atoms with Gasteiger partial charge >= 0.3 is 35.0 Å². The molecule has 3 aromatic carbocycles. The number of hydrogen-bond donors (Lipinski definition) is 0. The molecule has 54 heavy (non-hydrogen) atoms. The van der Waals surface area contributed by atoms with E-state index in [1.54, 1.807) is 54.6 Å². The van der Waals surface area contributed by atoms with Gasteiger partial charge in [-0.15, -0.1) is 0 Å². The molecule has 0 radical (unpaired) electrons. The summed E-state index contributed by atoms with van der Waals surface area (Å²) in [6.45, 7) is 10.3. The summed E-state index contributed by atoms with van der Waals surface area (Å²) in [6, 6.07) is 21.1. The third-order valence-corrected chi connectivity index (χ3v) is 8.45. The second-order valence-electron chi connectivity index (χ2n) is 14.6. The Morgan fingerprint density at radius 2 is 0.722 bits per heavy atom. The van der Waals surface area contributed by atoms with Crippen LogP contribution in [0.3, 0.4) is 0 Å². The molecule has 1 aromatic heterocycles. The standard InChI is InChI=1S/C42H51N3O9/c1-28(2)22-31-10-7-13-34(25-31)37(46)52-19-16-43-40(49)44(17-20-53-38(47)35-14-8-11-32(26-35)23-29(3)4)42(51)45(41(43)50)18-21-54-39(48)36-15-9-12-33(27-36)24-30(5)6/h7-15,25-30H,16-24H2,1-6H3. The molecule has 0 unspecified atom stereocenters. The molecule has 1 heterocycles. The van der Waals surface area contributed by atoms with Gasteiger partial charge in [-0.3, -0.25) is 0 Å². The van der Waals surface area contributed by atoms with Gasteiger partial charge < -0.3 is 14.2 Å². The molecule has 0 fully saturated rings. The molecule has 0 bridgehead atoms. The van der Waals surface area contributed by atoms with E-state index in [-0.39, 0.29) is 39.5 Å². The molecule has 0 aliphatic heterocycles. The van der Waals surface area contributed by atoms with E-state index in [0.29, 0.717) is 34.4 Å². The highest BCUT2D eigenvalue weighted by Gasteiger charge is 2.19. The topological polar surface area (TPSA) is 145 Å². The molecular formula is C42H51N3O9. The van der Waals surface area contributed by atoms with Crippen LogP contribution >= 0.6 is 0 Å². The monoisotopic (exact) mass is 741 g/mol. The Balaban J connectivity index is 1.53. The molecule has 0 aliphatic rings. The zero-order valence-corrected chi connectivity index (χ0v) is 32.0. The zero-order valence-electron chi connectivity index (χ0n) is 32.0. The van der Waals surface area contributed by atoms with Gasteiger partial charge in [0.15, 0.2) is 0 Å². The fourth-order valence-electron chi connectivity index (χ4n) is 6.09. The summed E-state index contributed by atoms with van der Waals surface area (Å²) in [5.41, 5.74) is 0.999. The van der Waals surface area contributed by atoms with Crippen molar-refractivity contribution in [3.63, 3.8) is 0 Å². The Bertz CT molecular complexity index is 1840. The predicted octanol–water partition coefficient (Wildman–Crippen LogP) is 5.34. The minimum absolute atomic E-state index is 0.330. The first kappa shape index (κ1) is 41.2. The van der Waals surface area contributed by atoms with Gasteiger partial charge in [0.05, 0.1) is 36.3 Å². The summed E-state index contributed by atoms with van der Waals surface area (Å²) >= 11 is 0. The van der Waals surface area contributed by atoms with Crippen LogP contribution in [0.1, 0.15) is 89.3 Å². The first-order chi connectivity index (χ1) is 25.7. The lowest BCUT2D eigenvalue weighted by atomic mass is 10.0. The molecule has 0 amide bonds. The quantitative estimate of drug-likeness (QED) is 0.0975. The molecular weight excluding hydrogens is 690 g/mol. The van der Waals surface area contributed by atoms with E-state index < -0.39 is 35.0 Å². The summed E-state index contributed by atoms with van der Waals surface area (Å²) in [4.78, 5) is 79.3. The lowest BCUT2D eigenvalue weighted by molar-refractivity contribution is 0.0486. The number of carbonyl (C=O) groups excluding carboxylic acids is 3. The van der Waals surface area contributed by atoms with Gasteiger partial charge in [0.2, 0.25) is 0 Å². The third kappa shape index (κ3) is 11.7. The average Bonchev–Trinajstić information content (AvgIpc) is 3.11. The van der Waals surface area contributed by atoms with Crippen LogP contribution in [0.2, 0.25) is 0 Å². The smallest absolute Gasteiger partial charge is 0.338 e. The number of aromatic nitrogens is 3. The lowest BCUT2D eigenvalue weighted by Gasteiger charge is -2.15. The van der Waals surface area contributed by atoms with E-state index in [4.69, 9.17) is 14.2 Å². The molecule has 0 atom stereocenters. The summed E-state index contributed by atoms with van der Waals surface area (Å²) in [6.07, 6.45) is 2.33. The maximum absolute atomic E-state index is 13.6. The highest BCUT2D eigenvalue weighted by Crippen LogP contribution is 2.14. The number of esters is 3. The van der Waals surface area contributed by atoms with Crippen molar-refractivity contribution in [2.45, 2.75) is 80.4 Å². The van der Waals surface area contributed by atoms with Crippen molar-refractivity contribution in [1.82, 2.24) is 13.7 Å². The van der Waals surface area contributed by atoms with Crippen LogP contribution in [0.25, 0.3) is 0 Å². The Morgan fingerprint density at radius 1 is 0.463 bits per heavy atom. The van der Waals surface area contributed by atoms with Crippen molar-refractivity contribution in [2.75, 3.05) is 19.8 Å². The van der Waals surface area contributed by atoms with Gasteiger partial charge in [-0.2, -0.15) is 0 Å².